The van der Waals surface area contributed by atoms with Crippen molar-refractivity contribution in [3.05, 3.63) is 86.7 Å². The number of carbonyl (C=O) groups is 3. The van der Waals surface area contributed by atoms with Gasteiger partial charge in [-0.05, 0) is 52.3 Å². The molecule has 274 valence electrons. The molecule has 0 fully saturated rings. The van der Waals surface area contributed by atoms with E-state index in [1.165, 1.54) is 43.2 Å². The van der Waals surface area contributed by atoms with Gasteiger partial charge in [-0.25, -0.2) is 9.59 Å². The van der Waals surface area contributed by atoms with Gasteiger partial charge in [0.1, 0.15) is 12.7 Å². The Morgan fingerprint density at radius 1 is 1.06 bits per heavy atom. The zero-order valence-corrected chi connectivity index (χ0v) is 29.7. The Bertz CT molecular complexity index is 1590. The molecule has 0 aromatic heterocycles. The standard InChI is InChI=1S/C34H44N4O11.ClH/c1-7-47-32(42)28-21(3)36-25(30(31(40)41)29(28)22-12-11-13-23(16-22)38(44)45)18-37(33(43)48-8-2)20-34(4,5)35-17-24(39)19-49-27-15-10-9-14-26(27)46-6;/h9-16,24,29,35-36,39H,7-8,17-20H2,1-6H3,(H,40,41);1H/p-1. The Kier molecular flexibility index (Phi) is 15.5. The van der Waals surface area contributed by atoms with E-state index in [-0.39, 0.29) is 80.1 Å². The third kappa shape index (κ3) is 10.8. The normalized spacial score (nSPS) is 14.9. The Hall–Kier alpha value is -4.86. The number of nitro groups is 1. The summed E-state index contributed by atoms with van der Waals surface area (Å²) in [6.45, 7) is 8.02. The van der Waals surface area contributed by atoms with Crippen LogP contribution in [0.4, 0.5) is 10.5 Å². The minimum atomic E-state index is -1.66. The molecule has 15 nitrogen and oxygen atoms in total. The lowest BCUT2D eigenvalue weighted by Gasteiger charge is -2.37. The second-order valence-corrected chi connectivity index (χ2v) is 11.8. The highest BCUT2D eigenvalue weighted by molar-refractivity contribution is 5.98. The van der Waals surface area contributed by atoms with Crippen LogP contribution in [-0.2, 0) is 19.1 Å². The van der Waals surface area contributed by atoms with E-state index in [0.717, 1.165) is 0 Å². The van der Waals surface area contributed by atoms with Crippen LogP contribution in [0.1, 0.15) is 46.1 Å². The number of esters is 1. The number of aliphatic hydroxyl groups excluding tert-OH is 1. The third-order valence-electron chi connectivity index (χ3n) is 7.55. The maximum atomic E-state index is 13.3. The van der Waals surface area contributed by atoms with Gasteiger partial charge < -0.3 is 49.5 Å². The number of aliphatic carboxylic acids is 1. The van der Waals surface area contributed by atoms with Crippen LogP contribution < -0.4 is 25.2 Å². The molecule has 0 aliphatic carbocycles. The van der Waals surface area contributed by atoms with Crippen LogP contribution in [-0.4, -0.2) is 91.2 Å². The molecular weight excluding hydrogens is 676 g/mol. The molecule has 2 aromatic carbocycles. The summed E-state index contributed by atoms with van der Waals surface area (Å²) >= 11 is 0. The SMILES string of the molecule is CCOC(=O)C1=C(C)NC(CN(CC(C)(C)NCC(O)COc2ccccc2OC)C(=O)OCC)=C(C(=O)[O-])C1c1cccc([N+](=O)[O-])c1.Cl. The number of para-hydroxylation sites is 2. The number of dihydropyridines is 1. The van der Waals surface area contributed by atoms with E-state index < -0.39 is 46.1 Å². The molecule has 1 amide bonds. The molecule has 1 heterocycles. The maximum Gasteiger partial charge on any atom is 0.410 e. The topological polar surface area (TPSA) is 202 Å². The number of carboxylic acids is 1. The van der Waals surface area contributed by atoms with E-state index >= 15 is 0 Å². The first kappa shape index (κ1) is 41.3. The Labute approximate surface area is 296 Å². The lowest BCUT2D eigenvalue weighted by atomic mass is 9.80. The van der Waals surface area contributed by atoms with E-state index in [9.17, 15) is 34.7 Å². The fourth-order valence-corrected chi connectivity index (χ4v) is 5.39. The van der Waals surface area contributed by atoms with Crippen molar-refractivity contribution in [2.24, 2.45) is 0 Å². The fourth-order valence-electron chi connectivity index (χ4n) is 5.39. The summed E-state index contributed by atoms with van der Waals surface area (Å²) in [6, 6.07) is 12.3. The number of aliphatic hydroxyl groups is 1. The minimum Gasteiger partial charge on any atom is -0.545 e. The van der Waals surface area contributed by atoms with Crippen molar-refractivity contribution in [3.8, 4) is 11.5 Å². The number of hydrogen-bond donors (Lipinski definition) is 3. The molecule has 3 rings (SSSR count). The lowest BCUT2D eigenvalue weighted by molar-refractivity contribution is -0.384. The Morgan fingerprint density at radius 2 is 1.72 bits per heavy atom. The quantitative estimate of drug-likeness (QED) is 0.123. The van der Waals surface area contributed by atoms with Gasteiger partial charge in [0.05, 0.1) is 43.3 Å². The predicted molar refractivity (Wildman–Crippen MR) is 183 cm³/mol. The zero-order valence-electron chi connectivity index (χ0n) is 28.8. The number of ether oxygens (including phenoxy) is 4. The summed E-state index contributed by atoms with van der Waals surface area (Å²) in [5, 5.41) is 41.2. The summed E-state index contributed by atoms with van der Waals surface area (Å²) in [7, 11) is 1.51. The van der Waals surface area contributed by atoms with E-state index in [1.807, 2.05) is 0 Å². The van der Waals surface area contributed by atoms with Crippen molar-refractivity contribution >= 4 is 36.1 Å². The highest BCUT2D eigenvalue weighted by Crippen LogP contribution is 2.40. The van der Waals surface area contributed by atoms with Gasteiger partial charge in [0.25, 0.3) is 5.69 Å². The number of β-amino-alcohol motifs (C(OH)–C–C–N with tert-alkyl or cyclic N) is 1. The zero-order chi connectivity index (χ0) is 36.3. The second kappa shape index (κ2) is 18.8. The number of rotatable bonds is 17. The summed E-state index contributed by atoms with van der Waals surface area (Å²) in [4.78, 5) is 51.5. The van der Waals surface area contributed by atoms with Crippen LogP contribution in [0.2, 0.25) is 0 Å². The first-order chi connectivity index (χ1) is 23.2. The van der Waals surface area contributed by atoms with Crippen LogP contribution in [0.25, 0.3) is 0 Å². The molecule has 2 atom stereocenters. The molecule has 1 aliphatic rings. The number of carbonyl (C=O) groups excluding carboxylic acids is 3. The van der Waals surface area contributed by atoms with Crippen LogP contribution >= 0.6 is 12.4 Å². The summed E-state index contributed by atoms with van der Waals surface area (Å²) < 4.78 is 21.5. The number of amides is 1. The van der Waals surface area contributed by atoms with Crippen molar-refractivity contribution < 1.29 is 48.5 Å². The molecule has 0 radical (unpaired) electrons. The van der Waals surface area contributed by atoms with Crippen molar-refractivity contribution in [3.63, 3.8) is 0 Å². The number of nitrogens with one attached hydrogen (secondary N) is 2. The number of nitro benzene ring substituents is 1. The fraction of sp³-hybridized carbons (Fsp3) is 0.441. The number of benzene rings is 2. The number of allylic oxidation sites excluding steroid dienone is 1. The first-order valence-corrected chi connectivity index (χ1v) is 15.7. The molecule has 2 aromatic rings. The summed E-state index contributed by atoms with van der Waals surface area (Å²) in [5.41, 5.74) is -1.26. The van der Waals surface area contributed by atoms with Gasteiger partial charge in [-0.3, -0.25) is 10.1 Å². The van der Waals surface area contributed by atoms with Crippen LogP contribution in [0.3, 0.4) is 0 Å². The second-order valence-electron chi connectivity index (χ2n) is 11.8. The van der Waals surface area contributed by atoms with Gasteiger partial charge in [-0.1, -0.05) is 24.3 Å². The smallest absolute Gasteiger partial charge is 0.410 e. The van der Waals surface area contributed by atoms with E-state index in [0.29, 0.717) is 11.5 Å². The number of hydrogen-bond acceptors (Lipinski definition) is 13. The Balaban J connectivity index is 0.00000867. The predicted octanol–water partition coefficient (Wildman–Crippen LogP) is 2.82. The molecule has 2 unspecified atom stereocenters. The molecule has 0 spiro atoms. The van der Waals surface area contributed by atoms with Gasteiger partial charge in [-0.15, -0.1) is 12.4 Å². The van der Waals surface area contributed by atoms with E-state index in [2.05, 4.69) is 10.6 Å². The lowest BCUT2D eigenvalue weighted by Crippen LogP contribution is -2.54. The number of halogens is 1. The highest BCUT2D eigenvalue weighted by Gasteiger charge is 2.38. The number of nitrogens with zero attached hydrogens (tertiary/aromatic N) is 2. The largest absolute Gasteiger partial charge is 0.545 e. The van der Waals surface area contributed by atoms with Crippen LogP contribution in [0.15, 0.2) is 71.1 Å². The third-order valence-corrected chi connectivity index (χ3v) is 7.55. The number of non-ortho nitro benzene ring substituents is 1. The van der Waals surface area contributed by atoms with Crippen molar-refractivity contribution in [2.45, 2.75) is 52.2 Å². The van der Waals surface area contributed by atoms with Crippen LogP contribution in [0.5, 0.6) is 11.5 Å². The monoisotopic (exact) mass is 719 g/mol. The average Bonchev–Trinajstić information content (AvgIpc) is 3.05. The van der Waals surface area contributed by atoms with Gasteiger partial charge in [0.15, 0.2) is 11.5 Å². The van der Waals surface area contributed by atoms with Crippen molar-refractivity contribution in [1.82, 2.24) is 15.5 Å². The number of carboxylic acid groups (broad SMARTS) is 1. The molecule has 50 heavy (non-hydrogen) atoms. The van der Waals surface area contributed by atoms with Gasteiger partial charge >= 0.3 is 12.1 Å². The minimum absolute atomic E-state index is 0. The highest BCUT2D eigenvalue weighted by atomic mass is 35.5. The first-order valence-electron chi connectivity index (χ1n) is 15.7. The Morgan fingerprint density at radius 3 is 2.32 bits per heavy atom. The molecular formula is C34H44ClN4O11-. The van der Waals surface area contributed by atoms with Crippen LogP contribution in [0, 0.1) is 10.1 Å². The molecule has 0 saturated carbocycles. The summed E-state index contributed by atoms with van der Waals surface area (Å²) in [6.07, 6.45) is -1.70. The van der Waals surface area contributed by atoms with Crippen molar-refractivity contribution in [1.29, 1.82) is 0 Å². The molecule has 1 aliphatic heterocycles. The number of methoxy groups -OCH3 is 1. The average molecular weight is 720 g/mol. The molecule has 0 bridgehead atoms. The van der Waals surface area contributed by atoms with Gasteiger partial charge in [0.2, 0.25) is 0 Å². The van der Waals surface area contributed by atoms with Gasteiger partial charge in [0, 0.05) is 53.6 Å². The maximum absolute atomic E-state index is 13.3. The summed E-state index contributed by atoms with van der Waals surface area (Å²) in [5.74, 6) is -2.82. The van der Waals surface area contributed by atoms with E-state index in [4.69, 9.17) is 18.9 Å². The van der Waals surface area contributed by atoms with E-state index in [1.54, 1.807) is 52.0 Å². The van der Waals surface area contributed by atoms with Crippen molar-refractivity contribution in [2.75, 3.05) is 46.6 Å². The molecule has 3 N–H and O–H groups in total. The van der Waals surface area contributed by atoms with Gasteiger partial charge in [-0.2, -0.15) is 0 Å². The molecule has 0 saturated heterocycles. The molecule has 16 heteroatoms.